The highest BCUT2D eigenvalue weighted by Crippen LogP contribution is 2.35. The van der Waals surface area contributed by atoms with Gasteiger partial charge in [-0.25, -0.2) is 17.8 Å². The van der Waals surface area contributed by atoms with Crippen molar-refractivity contribution in [2.24, 2.45) is 5.73 Å². The average molecular weight is 405 g/mol. The Bertz CT molecular complexity index is 1190. The molecule has 0 spiro atoms. The van der Waals surface area contributed by atoms with E-state index in [-0.39, 0.29) is 27.5 Å². The molecule has 0 fully saturated rings. The summed E-state index contributed by atoms with van der Waals surface area (Å²) in [5.41, 5.74) is 5.68. The van der Waals surface area contributed by atoms with Crippen LogP contribution in [0.1, 0.15) is 31.1 Å². The summed E-state index contributed by atoms with van der Waals surface area (Å²) < 4.78 is 46.4. The van der Waals surface area contributed by atoms with Crippen LogP contribution >= 0.6 is 0 Å². The molecule has 0 atom stereocenters. The molecule has 28 heavy (non-hydrogen) atoms. The van der Waals surface area contributed by atoms with Crippen molar-refractivity contribution >= 4 is 21.4 Å². The third-order valence-electron chi connectivity index (χ3n) is 4.43. The fourth-order valence-electron chi connectivity index (χ4n) is 2.80. The van der Waals surface area contributed by atoms with Gasteiger partial charge in [0, 0.05) is 17.8 Å². The molecule has 1 amide bonds. The third-order valence-corrected chi connectivity index (χ3v) is 6.93. The van der Waals surface area contributed by atoms with Crippen molar-refractivity contribution in [1.29, 1.82) is 0 Å². The summed E-state index contributed by atoms with van der Waals surface area (Å²) >= 11 is 0. The average Bonchev–Trinajstić information content (AvgIpc) is 3.02. The Morgan fingerprint density at radius 1 is 1.29 bits per heavy atom. The molecule has 0 unspecified atom stereocenters. The minimum atomic E-state index is -3.76. The van der Waals surface area contributed by atoms with Crippen molar-refractivity contribution in [2.75, 3.05) is 7.11 Å². The number of hydrogen-bond acceptors (Lipinski definition) is 5. The summed E-state index contributed by atoms with van der Waals surface area (Å²) in [4.78, 5) is 15.6. The molecule has 0 radical (unpaired) electrons. The Kier molecular flexibility index (Phi) is 4.66. The molecule has 3 rings (SSSR count). The smallest absolute Gasteiger partial charge is 0.251 e. The number of imidazole rings is 1. The second kappa shape index (κ2) is 6.59. The lowest BCUT2D eigenvalue weighted by Crippen LogP contribution is -2.28. The number of aromatic nitrogens is 2. The van der Waals surface area contributed by atoms with E-state index in [4.69, 9.17) is 10.5 Å². The number of halogens is 1. The number of hydrogen-bond donors (Lipinski definition) is 1. The second-order valence-corrected chi connectivity index (χ2v) is 9.90. The molecule has 7 nitrogen and oxygen atoms in total. The van der Waals surface area contributed by atoms with Crippen molar-refractivity contribution in [3.05, 3.63) is 48.0 Å². The number of fused-ring (bicyclic) bond motifs is 1. The zero-order valence-electron chi connectivity index (χ0n) is 15.9. The van der Waals surface area contributed by atoms with E-state index in [1.54, 1.807) is 20.8 Å². The Balaban J connectivity index is 2.34. The van der Waals surface area contributed by atoms with Gasteiger partial charge in [-0.05, 0) is 32.9 Å². The molecule has 0 saturated heterocycles. The number of nitrogens with zero attached hydrogens (tertiary/aromatic N) is 2. The van der Waals surface area contributed by atoms with Gasteiger partial charge in [0.25, 0.3) is 5.91 Å². The predicted octanol–water partition coefficient (Wildman–Crippen LogP) is 2.82. The SMILES string of the molecule is COc1cc2ncc(-c3cccc(C(N)=O)c3F)n2cc1S(=O)(=O)C(C)(C)C. The van der Waals surface area contributed by atoms with E-state index >= 15 is 0 Å². The van der Waals surface area contributed by atoms with Gasteiger partial charge < -0.3 is 10.5 Å². The first-order chi connectivity index (χ1) is 13.0. The van der Waals surface area contributed by atoms with Gasteiger partial charge in [-0.2, -0.15) is 0 Å². The van der Waals surface area contributed by atoms with Crippen LogP contribution in [0.25, 0.3) is 16.9 Å². The fourth-order valence-corrected chi connectivity index (χ4v) is 4.11. The van der Waals surface area contributed by atoms with Crippen LogP contribution in [0.5, 0.6) is 5.75 Å². The van der Waals surface area contributed by atoms with Crippen LogP contribution in [-0.2, 0) is 9.84 Å². The number of primary amides is 1. The molecule has 148 valence electrons. The maximum absolute atomic E-state index is 14.8. The topological polar surface area (TPSA) is 104 Å². The number of benzene rings is 1. The van der Waals surface area contributed by atoms with E-state index in [0.717, 1.165) is 0 Å². The molecule has 2 N–H and O–H groups in total. The quantitative estimate of drug-likeness (QED) is 0.719. The van der Waals surface area contributed by atoms with Crippen molar-refractivity contribution in [3.8, 4) is 17.0 Å². The fraction of sp³-hybridized carbons (Fsp3) is 0.263. The van der Waals surface area contributed by atoms with Crippen molar-refractivity contribution < 1.29 is 22.3 Å². The number of amides is 1. The zero-order valence-corrected chi connectivity index (χ0v) is 16.7. The summed E-state index contributed by atoms with van der Waals surface area (Å²) in [6, 6.07) is 5.71. The van der Waals surface area contributed by atoms with Gasteiger partial charge in [0.05, 0.1) is 29.3 Å². The Labute approximate surface area is 161 Å². The van der Waals surface area contributed by atoms with E-state index in [2.05, 4.69) is 4.98 Å². The van der Waals surface area contributed by atoms with Crippen LogP contribution < -0.4 is 10.5 Å². The van der Waals surface area contributed by atoms with Crippen LogP contribution in [0.4, 0.5) is 4.39 Å². The van der Waals surface area contributed by atoms with Gasteiger partial charge in [0.2, 0.25) is 0 Å². The highest BCUT2D eigenvalue weighted by atomic mass is 32.2. The number of pyridine rings is 1. The molecule has 0 aliphatic heterocycles. The standard InChI is InChI=1S/C19H20FN3O4S/c1-19(2,3)28(25,26)15-10-23-13(9-22-16(23)8-14(15)27-4)11-6-5-7-12(17(11)20)18(21)24/h5-10H,1-4H3,(H2,21,24). The largest absolute Gasteiger partial charge is 0.495 e. The Morgan fingerprint density at radius 3 is 2.54 bits per heavy atom. The normalized spacial score (nSPS) is 12.3. The molecule has 2 heterocycles. The lowest BCUT2D eigenvalue weighted by Gasteiger charge is -2.21. The summed E-state index contributed by atoms with van der Waals surface area (Å²) in [6.07, 6.45) is 2.75. The summed E-state index contributed by atoms with van der Waals surface area (Å²) in [6.45, 7) is 4.74. The number of carbonyl (C=O) groups is 1. The van der Waals surface area contributed by atoms with Gasteiger partial charge in [0.15, 0.2) is 9.84 Å². The first kappa shape index (κ1) is 19.8. The maximum atomic E-state index is 14.8. The number of nitrogens with two attached hydrogens (primary N) is 1. The first-order valence-corrected chi connectivity index (χ1v) is 9.85. The molecule has 0 saturated carbocycles. The first-order valence-electron chi connectivity index (χ1n) is 8.37. The van der Waals surface area contributed by atoms with Crippen LogP contribution in [-0.4, -0.2) is 35.6 Å². The molecule has 0 aliphatic rings. The van der Waals surface area contributed by atoms with Gasteiger partial charge in [-0.1, -0.05) is 6.07 Å². The molecule has 2 aromatic heterocycles. The second-order valence-electron chi connectivity index (χ2n) is 7.22. The number of ether oxygens (including phenoxy) is 1. The summed E-state index contributed by atoms with van der Waals surface area (Å²) in [5.74, 6) is -1.55. The maximum Gasteiger partial charge on any atom is 0.251 e. The predicted molar refractivity (Wildman–Crippen MR) is 103 cm³/mol. The minimum absolute atomic E-state index is 0.0410. The van der Waals surface area contributed by atoms with Crippen LogP contribution in [0.15, 0.2) is 41.6 Å². The number of sulfone groups is 1. The monoisotopic (exact) mass is 405 g/mol. The van der Waals surface area contributed by atoms with Gasteiger partial charge in [0.1, 0.15) is 22.1 Å². The van der Waals surface area contributed by atoms with Crippen molar-refractivity contribution in [3.63, 3.8) is 0 Å². The van der Waals surface area contributed by atoms with E-state index in [1.807, 2.05) is 0 Å². The highest BCUT2D eigenvalue weighted by molar-refractivity contribution is 7.92. The number of methoxy groups -OCH3 is 1. The minimum Gasteiger partial charge on any atom is -0.495 e. The molecule has 1 aromatic carbocycles. The Morgan fingerprint density at radius 2 is 1.96 bits per heavy atom. The zero-order chi connectivity index (χ0) is 20.9. The lowest BCUT2D eigenvalue weighted by molar-refractivity contribution is 0.0996. The molecule has 9 heteroatoms. The van der Waals surface area contributed by atoms with Gasteiger partial charge in [-0.3, -0.25) is 9.20 Å². The van der Waals surface area contributed by atoms with Crippen molar-refractivity contribution in [1.82, 2.24) is 9.38 Å². The molecule has 3 aromatic rings. The van der Waals surface area contributed by atoms with E-state index in [9.17, 15) is 17.6 Å². The number of rotatable bonds is 4. The van der Waals surface area contributed by atoms with Crippen LogP contribution in [0.2, 0.25) is 0 Å². The van der Waals surface area contributed by atoms with Gasteiger partial charge in [-0.15, -0.1) is 0 Å². The number of carbonyl (C=O) groups excluding carboxylic acids is 1. The van der Waals surface area contributed by atoms with Crippen molar-refractivity contribution in [2.45, 2.75) is 30.4 Å². The molecule has 0 bridgehead atoms. The van der Waals surface area contributed by atoms with Gasteiger partial charge >= 0.3 is 0 Å². The third kappa shape index (κ3) is 3.01. The summed E-state index contributed by atoms with van der Waals surface area (Å²) in [5, 5.41) is 0. The summed E-state index contributed by atoms with van der Waals surface area (Å²) in [7, 11) is -2.39. The van der Waals surface area contributed by atoms with E-state index in [1.165, 1.54) is 48.2 Å². The van der Waals surface area contributed by atoms with E-state index < -0.39 is 26.3 Å². The Hall–Kier alpha value is -2.94. The molecular formula is C19H20FN3O4S. The molecule has 0 aliphatic carbocycles. The van der Waals surface area contributed by atoms with Crippen LogP contribution in [0.3, 0.4) is 0 Å². The highest BCUT2D eigenvalue weighted by Gasteiger charge is 2.34. The van der Waals surface area contributed by atoms with Crippen LogP contribution in [0, 0.1) is 5.82 Å². The molecular weight excluding hydrogens is 385 g/mol. The lowest BCUT2D eigenvalue weighted by atomic mass is 10.1. The van der Waals surface area contributed by atoms with E-state index in [0.29, 0.717) is 5.65 Å².